The van der Waals surface area contributed by atoms with E-state index in [0.29, 0.717) is 11.1 Å². The second kappa shape index (κ2) is 7.27. The number of esters is 1. The first-order chi connectivity index (χ1) is 13.1. The van der Waals surface area contributed by atoms with Crippen LogP contribution in [-0.2, 0) is 19.1 Å². The number of hydrogen-bond donors (Lipinski definition) is 4. The molecule has 26 heavy (non-hydrogen) atoms. The van der Waals surface area contributed by atoms with E-state index in [-0.39, 0.29) is 0 Å². The molecule has 11 heteroatoms. The molecule has 0 bridgehead atoms. The highest BCUT2D eigenvalue weighted by atomic mass is 19.2. The van der Waals surface area contributed by atoms with Crippen LogP contribution in [-0.4, -0.2) is 63.9 Å². The van der Waals surface area contributed by atoms with E-state index in [1.165, 1.54) is 13.8 Å². The maximum Gasteiger partial charge on any atom is 0.323 e. The standard InChI is InChI=1S/C15H21F2N3O6/c1-6(2)9(18)14(24)25-5-15(17)11(22)10(21)13(26-15)20-4-8(16)12(23)19-7(20)3/h4,6,9-11,13,21-22H,3,5,18H2,1-2H3,(H,19,23)/t9-,10+,11-,13+,15+/m0/s1/i5D2,13D. The van der Waals surface area contributed by atoms with E-state index in [0.717, 1.165) is 0 Å². The highest BCUT2D eigenvalue weighted by Gasteiger charge is 2.58. The molecule has 0 aliphatic carbocycles. The van der Waals surface area contributed by atoms with Crippen molar-refractivity contribution in [3.63, 3.8) is 0 Å². The number of aliphatic hydroxyl groups excluding tert-OH is 2. The minimum Gasteiger partial charge on any atom is -0.458 e. The van der Waals surface area contributed by atoms with Gasteiger partial charge in [-0.2, -0.15) is 4.39 Å². The predicted octanol–water partition coefficient (Wildman–Crippen LogP) is -1.03. The zero-order valence-electron chi connectivity index (χ0n) is 16.9. The van der Waals surface area contributed by atoms with Gasteiger partial charge < -0.3 is 35.6 Å². The highest BCUT2D eigenvalue weighted by molar-refractivity contribution is 5.93. The van der Waals surface area contributed by atoms with Crippen LogP contribution in [0, 0.1) is 5.92 Å². The summed E-state index contributed by atoms with van der Waals surface area (Å²) in [5.74, 6) is -9.05. The SMILES string of the molecule is [2H]C([2H])(OC(=O)[C@@H](N)C(C)C)[C@@]1(F)O[C@@]([2H])(N2C=C(F)C(=O)NC2=C)[C@H](O)[C@@H]1O. The largest absolute Gasteiger partial charge is 0.458 e. The highest BCUT2D eigenvalue weighted by Crippen LogP contribution is 2.36. The van der Waals surface area contributed by atoms with E-state index < -0.39 is 66.3 Å². The van der Waals surface area contributed by atoms with Crippen molar-refractivity contribution < 1.29 is 42.2 Å². The van der Waals surface area contributed by atoms with Gasteiger partial charge in [0.1, 0.15) is 24.1 Å². The number of nitrogens with zero attached hydrogens (tertiary/aromatic N) is 1. The van der Waals surface area contributed by atoms with Gasteiger partial charge in [0.05, 0.1) is 4.11 Å². The van der Waals surface area contributed by atoms with Crippen LogP contribution < -0.4 is 11.1 Å². The number of halogens is 2. The van der Waals surface area contributed by atoms with Gasteiger partial charge in [0.25, 0.3) is 11.8 Å². The summed E-state index contributed by atoms with van der Waals surface area (Å²) in [4.78, 5) is 23.6. The third-order valence-electron chi connectivity index (χ3n) is 3.71. The summed E-state index contributed by atoms with van der Waals surface area (Å²) in [6.45, 7) is 2.62. The molecule has 2 rings (SSSR count). The summed E-state index contributed by atoms with van der Waals surface area (Å²) < 4.78 is 61.8. The van der Waals surface area contributed by atoms with Crippen LogP contribution in [0.1, 0.15) is 18.0 Å². The molecule has 1 fully saturated rings. The fourth-order valence-corrected chi connectivity index (χ4v) is 2.04. The third-order valence-corrected chi connectivity index (χ3v) is 3.71. The van der Waals surface area contributed by atoms with E-state index in [1.54, 1.807) is 0 Å². The summed E-state index contributed by atoms with van der Waals surface area (Å²) in [6, 6.07) is -1.34. The lowest BCUT2D eigenvalue weighted by molar-refractivity contribution is -0.219. The van der Waals surface area contributed by atoms with Gasteiger partial charge in [0, 0.05) is 6.20 Å². The van der Waals surface area contributed by atoms with Crippen LogP contribution in [0.15, 0.2) is 24.4 Å². The van der Waals surface area contributed by atoms with Crippen molar-refractivity contribution in [2.45, 2.75) is 44.2 Å². The molecule has 0 aromatic rings. The van der Waals surface area contributed by atoms with Crippen molar-refractivity contribution in [2.24, 2.45) is 11.7 Å². The lowest BCUT2D eigenvalue weighted by atomic mass is 10.1. The Labute approximate surface area is 152 Å². The molecule has 5 N–H and O–H groups in total. The zero-order chi connectivity index (χ0) is 22.5. The molecule has 2 heterocycles. The number of ether oxygens (including phenoxy) is 2. The Bertz CT molecular complexity index is 770. The van der Waals surface area contributed by atoms with Gasteiger partial charge in [-0.3, -0.25) is 9.59 Å². The average molecular weight is 380 g/mol. The van der Waals surface area contributed by atoms with Crippen molar-refractivity contribution in [1.29, 1.82) is 0 Å². The summed E-state index contributed by atoms with van der Waals surface area (Å²) >= 11 is 0. The number of hydrogen-bond acceptors (Lipinski definition) is 8. The van der Waals surface area contributed by atoms with Crippen molar-refractivity contribution in [3.8, 4) is 0 Å². The van der Waals surface area contributed by atoms with E-state index in [2.05, 4.69) is 16.1 Å². The van der Waals surface area contributed by atoms with Gasteiger partial charge in [-0.05, 0) is 5.92 Å². The number of aliphatic hydroxyl groups is 2. The second-order valence-electron chi connectivity index (χ2n) is 6.02. The van der Waals surface area contributed by atoms with Gasteiger partial charge in [-0.1, -0.05) is 20.4 Å². The molecule has 0 spiro atoms. The first-order valence-electron chi connectivity index (χ1n) is 8.99. The first kappa shape index (κ1) is 16.1. The Balaban J connectivity index is 2.39. The number of carbonyl (C=O) groups is 2. The van der Waals surface area contributed by atoms with Crippen molar-refractivity contribution in [3.05, 3.63) is 24.4 Å². The fourth-order valence-electron chi connectivity index (χ4n) is 2.04. The van der Waals surface area contributed by atoms with Crippen LogP contribution >= 0.6 is 0 Å². The van der Waals surface area contributed by atoms with Gasteiger partial charge in [0.2, 0.25) is 5.83 Å². The molecule has 0 saturated carbocycles. The molecule has 1 saturated heterocycles. The van der Waals surface area contributed by atoms with Gasteiger partial charge in [-0.15, -0.1) is 0 Å². The maximum absolute atomic E-state index is 15.4. The molecule has 0 unspecified atom stereocenters. The normalized spacial score (nSPS) is 38.2. The minimum atomic E-state index is -3.97. The Hall–Kier alpha value is -2.08. The van der Waals surface area contributed by atoms with E-state index in [4.69, 9.17) is 9.85 Å². The smallest absolute Gasteiger partial charge is 0.323 e. The third kappa shape index (κ3) is 3.70. The van der Waals surface area contributed by atoms with Crippen molar-refractivity contribution in [2.75, 3.05) is 6.56 Å². The molecule has 146 valence electrons. The predicted molar refractivity (Wildman–Crippen MR) is 82.8 cm³/mol. The zero-order valence-corrected chi connectivity index (χ0v) is 13.9. The molecule has 0 aromatic carbocycles. The first-order valence-corrected chi connectivity index (χ1v) is 7.49. The summed E-state index contributed by atoms with van der Waals surface area (Å²) in [5, 5.41) is 22.2. The van der Waals surface area contributed by atoms with Crippen molar-refractivity contribution in [1.82, 2.24) is 10.2 Å². The summed E-state index contributed by atoms with van der Waals surface area (Å²) in [7, 11) is 0. The Morgan fingerprint density at radius 3 is 2.88 bits per heavy atom. The van der Waals surface area contributed by atoms with Crippen molar-refractivity contribution >= 4 is 11.9 Å². The van der Waals surface area contributed by atoms with Crippen LogP contribution in [0.5, 0.6) is 0 Å². The summed E-state index contributed by atoms with van der Waals surface area (Å²) in [6.07, 6.45) is -8.02. The molecule has 2 aliphatic rings. The number of nitrogens with two attached hydrogens (primary N) is 1. The Kier molecular flexibility index (Phi) is 4.51. The van der Waals surface area contributed by atoms with E-state index in [1.807, 2.05) is 5.32 Å². The number of rotatable bonds is 5. The van der Waals surface area contributed by atoms with Gasteiger partial charge in [0.15, 0.2) is 12.8 Å². The quantitative estimate of drug-likeness (QED) is 0.445. The lowest BCUT2D eigenvalue weighted by Crippen LogP contribution is -2.47. The molecule has 1 amide bonds. The van der Waals surface area contributed by atoms with Crippen LogP contribution in [0.2, 0.25) is 0 Å². The molecular formula is C15H21F2N3O6. The van der Waals surface area contributed by atoms with Gasteiger partial charge >= 0.3 is 5.97 Å². The number of nitrogens with one attached hydrogen (secondary N) is 1. The lowest BCUT2D eigenvalue weighted by Gasteiger charge is -2.33. The molecular weight excluding hydrogens is 356 g/mol. The number of carbonyl (C=O) groups excluding carboxylic acids is 2. The van der Waals surface area contributed by atoms with Gasteiger partial charge in [-0.25, -0.2) is 4.39 Å². The van der Waals surface area contributed by atoms with E-state index in [9.17, 15) is 24.2 Å². The maximum atomic E-state index is 15.4. The van der Waals surface area contributed by atoms with Crippen LogP contribution in [0.3, 0.4) is 0 Å². The number of alkyl halides is 1. The van der Waals surface area contributed by atoms with Crippen LogP contribution in [0.25, 0.3) is 0 Å². The Morgan fingerprint density at radius 1 is 1.69 bits per heavy atom. The topological polar surface area (TPSA) is 134 Å². The summed E-state index contributed by atoms with van der Waals surface area (Å²) in [5.41, 5.74) is 5.52. The monoisotopic (exact) mass is 380 g/mol. The molecule has 5 atom stereocenters. The molecule has 0 radical (unpaired) electrons. The minimum absolute atomic E-state index is 0.344. The average Bonchev–Trinajstić information content (AvgIpc) is 2.79. The molecule has 9 nitrogen and oxygen atoms in total. The van der Waals surface area contributed by atoms with E-state index >= 15 is 4.39 Å². The number of amides is 1. The second-order valence-corrected chi connectivity index (χ2v) is 6.02. The molecule has 0 aromatic heterocycles. The van der Waals surface area contributed by atoms with Crippen LogP contribution in [0.4, 0.5) is 8.78 Å². The Morgan fingerprint density at radius 2 is 2.31 bits per heavy atom. The molecule has 2 aliphatic heterocycles. The fraction of sp³-hybridized carbons (Fsp3) is 0.600.